The van der Waals surface area contributed by atoms with Gasteiger partial charge in [0.1, 0.15) is 0 Å². The molecule has 0 bridgehead atoms. The molecule has 1 aliphatic rings. The van der Waals surface area contributed by atoms with Crippen LogP contribution in [0.5, 0.6) is 0 Å². The van der Waals surface area contributed by atoms with Crippen molar-refractivity contribution in [3.05, 3.63) is 205 Å². The van der Waals surface area contributed by atoms with E-state index in [1.165, 1.54) is 53.9 Å². The molecule has 7 aromatic rings. The molecule has 0 nitrogen and oxygen atoms in total. The maximum atomic E-state index is 2.91. The molecular formula is C50H50P2Si2. The molecule has 0 aliphatic heterocycles. The topological polar surface area (TPSA) is 0 Å². The Morgan fingerprint density at radius 1 is 0.389 bits per heavy atom. The molecule has 0 radical (unpaired) electrons. The summed E-state index contributed by atoms with van der Waals surface area (Å²) < 4.78 is 0. The Labute approximate surface area is 327 Å². The molecule has 1 atom stereocenters. The quantitative estimate of drug-likeness (QED) is 0.101. The van der Waals surface area contributed by atoms with Crippen molar-refractivity contribution >= 4 is 74.4 Å². The highest BCUT2D eigenvalue weighted by Gasteiger charge is 2.56. The number of allylic oxidation sites excluding steroid dienone is 1. The van der Waals surface area contributed by atoms with Crippen LogP contribution in [0, 0.1) is 0 Å². The highest BCUT2D eigenvalue weighted by Crippen LogP contribution is 2.74. The van der Waals surface area contributed by atoms with Crippen molar-refractivity contribution in [1.29, 1.82) is 0 Å². The highest BCUT2D eigenvalue weighted by atomic mass is 31.2. The number of rotatable bonds is 9. The maximum absolute atomic E-state index is 2.91. The lowest BCUT2D eigenvalue weighted by molar-refractivity contribution is 0.785. The molecule has 1 unspecified atom stereocenters. The Balaban J connectivity index is 1.64. The Morgan fingerprint density at radius 3 is 1.24 bits per heavy atom. The average Bonchev–Trinajstić information content (AvgIpc) is 3.18. The minimum Gasteiger partial charge on any atom is -0.0678 e. The summed E-state index contributed by atoms with van der Waals surface area (Å²) in [7, 11) is -5.60. The first-order valence-corrected chi connectivity index (χ1v) is 28.9. The Morgan fingerprint density at radius 2 is 0.796 bits per heavy atom. The molecular weight excluding hydrogens is 719 g/mol. The van der Waals surface area contributed by atoms with Gasteiger partial charge in [-0.1, -0.05) is 238 Å². The van der Waals surface area contributed by atoms with Gasteiger partial charge in [-0.25, -0.2) is 0 Å². The fourth-order valence-electron chi connectivity index (χ4n) is 8.76. The zero-order valence-electron chi connectivity index (χ0n) is 32.4. The van der Waals surface area contributed by atoms with Crippen molar-refractivity contribution < 1.29 is 0 Å². The van der Waals surface area contributed by atoms with E-state index in [-0.39, 0.29) is 10.8 Å². The standard InChI is InChI=1S/C50H50P2Si2/c1-53(2,3)47-36-35-46(42-31-19-20-32-43(42)47)49-45-34-22-21-33-44(45)48(54(4,5)6)37-50(49,51(38-23-11-7-12-24-38)39-25-13-8-14-26-39)52(40-27-15-9-16-28-40)41-29-17-10-18-30-41/h7-37,49H,1-6H3. The smallest absolute Gasteiger partial charge is 0.0678 e. The van der Waals surface area contributed by atoms with Crippen molar-refractivity contribution in [1.82, 2.24) is 0 Å². The second-order valence-corrected chi connectivity index (χ2v) is 31.9. The largest absolute Gasteiger partial charge is 0.0784 e. The van der Waals surface area contributed by atoms with E-state index >= 15 is 0 Å². The van der Waals surface area contributed by atoms with Crippen molar-refractivity contribution in [3.63, 3.8) is 0 Å². The van der Waals surface area contributed by atoms with E-state index in [1.807, 2.05) is 0 Å². The van der Waals surface area contributed by atoms with Gasteiger partial charge in [0.05, 0.1) is 21.0 Å². The molecule has 0 fully saturated rings. The van der Waals surface area contributed by atoms with Gasteiger partial charge in [0, 0.05) is 5.92 Å². The molecule has 54 heavy (non-hydrogen) atoms. The van der Waals surface area contributed by atoms with Crippen molar-refractivity contribution in [3.8, 4) is 0 Å². The van der Waals surface area contributed by atoms with Gasteiger partial charge in [0.2, 0.25) is 0 Å². The van der Waals surface area contributed by atoms with Crippen molar-refractivity contribution in [2.45, 2.75) is 50.1 Å². The predicted octanol–water partition coefficient (Wildman–Crippen LogP) is 11.8. The molecule has 4 heteroatoms. The molecule has 0 amide bonds. The molecule has 1 aliphatic carbocycles. The summed E-state index contributed by atoms with van der Waals surface area (Å²) in [6.45, 7) is 15.1. The maximum Gasteiger partial charge on any atom is 0.0784 e. The van der Waals surface area contributed by atoms with Crippen LogP contribution in [0.2, 0.25) is 39.3 Å². The van der Waals surface area contributed by atoms with E-state index in [2.05, 4.69) is 227 Å². The third-order valence-corrected chi connectivity index (χ3v) is 21.7. The molecule has 0 heterocycles. The molecule has 0 spiro atoms. The van der Waals surface area contributed by atoms with Gasteiger partial charge in [-0.15, -0.1) is 0 Å². The van der Waals surface area contributed by atoms with Crippen molar-refractivity contribution in [2.24, 2.45) is 0 Å². The van der Waals surface area contributed by atoms with Gasteiger partial charge >= 0.3 is 0 Å². The van der Waals surface area contributed by atoms with Crippen molar-refractivity contribution in [2.75, 3.05) is 0 Å². The van der Waals surface area contributed by atoms with E-state index in [0.717, 1.165) is 0 Å². The first kappa shape index (κ1) is 36.8. The van der Waals surface area contributed by atoms with E-state index < -0.39 is 32.0 Å². The monoisotopic (exact) mass is 768 g/mol. The summed E-state index contributed by atoms with van der Waals surface area (Å²) in [6.07, 6.45) is 2.91. The Kier molecular flexibility index (Phi) is 10.1. The van der Waals surface area contributed by atoms with Gasteiger partial charge in [-0.3, -0.25) is 0 Å². The van der Waals surface area contributed by atoms with Crippen LogP contribution in [0.1, 0.15) is 22.6 Å². The van der Waals surface area contributed by atoms with E-state index in [9.17, 15) is 0 Å². The molecule has 7 aromatic carbocycles. The number of fused-ring (bicyclic) bond motifs is 2. The zero-order valence-corrected chi connectivity index (χ0v) is 36.2. The first-order chi connectivity index (χ1) is 26.1. The van der Waals surface area contributed by atoms with Crippen LogP contribution in [0.3, 0.4) is 0 Å². The van der Waals surface area contributed by atoms with E-state index in [0.29, 0.717) is 0 Å². The van der Waals surface area contributed by atoms with Crippen LogP contribution in [0.4, 0.5) is 0 Å². The van der Waals surface area contributed by atoms with Crippen LogP contribution in [0.25, 0.3) is 16.0 Å². The lowest BCUT2D eigenvalue weighted by Gasteiger charge is -2.54. The molecule has 0 saturated heterocycles. The van der Waals surface area contributed by atoms with Crippen LogP contribution in [0.15, 0.2) is 188 Å². The van der Waals surface area contributed by atoms with Gasteiger partial charge in [-0.05, 0) is 64.5 Å². The fraction of sp³-hybridized carbons (Fsp3) is 0.160. The van der Waals surface area contributed by atoms with Crippen LogP contribution in [-0.2, 0) is 0 Å². The summed E-state index contributed by atoms with van der Waals surface area (Å²) >= 11 is 0. The molecule has 0 N–H and O–H groups in total. The number of hydrogen-bond acceptors (Lipinski definition) is 0. The Hall–Kier alpha value is -4.17. The summed E-state index contributed by atoms with van der Waals surface area (Å²) in [5.74, 6) is 0.0763. The second kappa shape index (κ2) is 14.8. The normalized spacial score (nSPS) is 15.6. The van der Waals surface area contributed by atoms with Crippen LogP contribution >= 0.6 is 15.8 Å². The number of benzene rings is 7. The fourth-order valence-corrected chi connectivity index (χ4v) is 20.2. The molecule has 8 rings (SSSR count). The summed E-state index contributed by atoms with van der Waals surface area (Å²) in [6, 6.07) is 70.2. The highest BCUT2D eigenvalue weighted by molar-refractivity contribution is 7.91. The van der Waals surface area contributed by atoms with E-state index in [4.69, 9.17) is 0 Å². The van der Waals surface area contributed by atoms with Gasteiger partial charge < -0.3 is 0 Å². The van der Waals surface area contributed by atoms with E-state index in [1.54, 1.807) is 5.20 Å². The first-order valence-electron chi connectivity index (χ1n) is 19.2. The van der Waals surface area contributed by atoms with Crippen LogP contribution < -0.4 is 26.4 Å². The summed E-state index contributed by atoms with van der Waals surface area (Å²) in [5, 5.41) is 11.7. The predicted molar refractivity (Wildman–Crippen MR) is 247 cm³/mol. The summed E-state index contributed by atoms with van der Waals surface area (Å²) in [5.41, 5.74) is 4.37. The SMILES string of the molecule is C[Si](C)(C)C1=CC(P(c2ccccc2)c2ccccc2)(P(c2ccccc2)c2ccccc2)C(c2ccc([Si](C)(C)C)c3ccccc23)c2ccccc21. The van der Waals surface area contributed by atoms with Crippen LogP contribution in [-0.4, -0.2) is 21.0 Å². The zero-order chi connectivity index (χ0) is 37.5. The second-order valence-electron chi connectivity index (χ2n) is 16.6. The Bertz CT molecular complexity index is 2250. The van der Waals surface area contributed by atoms with Gasteiger partial charge in [0.25, 0.3) is 0 Å². The minimum atomic E-state index is -1.92. The molecule has 0 aromatic heterocycles. The third-order valence-electron chi connectivity index (χ3n) is 11.0. The molecule has 268 valence electrons. The number of hydrogen-bond donors (Lipinski definition) is 0. The lowest BCUT2D eigenvalue weighted by Crippen LogP contribution is -2.46. The summed E-state index contributed by atoms with van der Waals surface area (Å²) in [4.78, 5) is -0.344. The van der Waals surface area contributed by atoms with Gasteiger partial charge in [-0.2, -0.15) is 0 Å². The third kappa shape index (κ3) is 6.63. The minimum absolute atomic E-state index is 0.0763. The van der Waals surface area contributed by atoms with Gasteiger partial charge in [0.15, 0.2) is 0 Å². The molecule has 0 saturated carbocycles. The lowest BCUT2D eigenvalue weighted by atomic mass is 9.79. The average molecular weight is 769 g/mol.